The third kappa shape index (κ3) is 7.24. The first-order chi connectivity index (χ1) is 16.1. The maximum atomic E-state index is 13.6. The summed E-state index contributed by atoms with van der Waals surface area (Å²) < 4.78 is 52.0. The zero-order valence-electron chi connectivity index (χ0n) is 19.8. The van der Waals surface area contributed by atoms with Gasteiger partial charge in [-0.1, -0.05) is 24.3 Å². The lowest BCUT2D eigenvalue weighted by molar-refractivity contribution is 0.203. The highest BCUT2D eigenvalue weighted by Crippen LogP contribution is 2.24. The van der Waals surface area contributed by atoms with E-state index in [1.165, 1.54) is 24.2 Å². The van der Waals surface area contributed by atoms with Crippen molar-refractivity contribution in [3.8, 4) is 11.5 Å². The van der Waals surface area contributed by atoms with Crippen molar-refractivity contribution in [2.75, 3.05) is 14.2 Å². The smallest absolute Gasteiger partial charge is 0.220 e. The van der Waals surface area contributed by atoms with Gasteiger partial charge in [-0.3, -0.25) is 4.99 Å². The van der Waals surface area contributed by atoms with Gasteiger partial charge in [-0.2, -0.15) is 4.31 Å². The monoisotopic (exact) mass is 490 g/mol. The van der Waals surface area contributed by atoms with Gasteiger partial charge in [0.2, 0.25) is 10.0 Å². The summed E-state index contributed by atoms with van der Waals surface area (Å²) in [4.78, 5) is 3.70. The van der Waals surface area contributed by atoms with Crippen molar-refractivity contribution < 1.29 is 27.4 Å². The van der Waals surface area contributed by atoms with E-state index in [0.717, 1.165) is 17.2 Å². The van der Waals surface area contributed by atoms with E-state index < -0.39 is 27.2 Å². The summed E-state index contributed by atoms with van der Waals surface area (Å²) in [5, 5.41) is 9.48. The topological polar surface area (TPSA) is 88.4 Å². The summed E-state index contributed by atoms with van der Waals surface area (Å²) in [6.45, 7) is 6.13. The molecule has 0 amide bonds. The molecule has 0 heterocycles. The Hall–Kier alpha value is -3.01. The quantitative estimate of drug-likeness (QED) is 0.355. The van der Waals surface area contributed by atoms with Gasteiger partial charge in [0.25, 0.3) is 0 Å². The van der Waals surface area contributed by atoms with Crippen LogP contribution in [-0.2, 0) is 23.1 Å². The summed E-state index contributed by atoms with van der Waals surface area (Å²) in [6.07, 6.45) is 0.808. The van der Waals surface area contributed by atoms with E-state index in [1.807, 2.05) is 0 Å². The summed E-state index contributed by atoms with van der Waals surface area (Å²) >= 11 is 0. The fourth-order valence-corrected chi connectivity index (χ4v) is 4.78. The lowest BCUT2D eigenvalue weighted by Gasteiger charge is -2.28. The molecule has 0 saturated heterocycles. The number of aliphatic hydroxyl groups is 1. The summed E-state index contributed by atoms with van der Waals surface area (Å²) in [6, 6.07) is 14.1. The second-order valence-corrected chi connectivity index (χ2v) is 9.95. The van der Waals surface area contributed by atoms with Crippen molar-refractivity contribution in [1.29, 1.82) is 0 Å². The molecule has 2 aromatic rings. The maximum Gasteiger partial charge on any atom is 0.220 e. The van der Waals surface area contributed by atoms with Crippen molar-refractivity contribution in [3.63, 3.8) is 0 Å². The van der Waals surface area contributed by atoms with E-state index in [4.69, 9.17) is 9.47 Å². The van der Waals surface area contributed by atoms with Gasteiger partial charge in [0.15, 0.2) is 0 Å². The molecule has 2 atom stereocenters. The number of aliphatic hydroxyl groups excluding tert-OH is 1. The van der Waals surface area contributed by atoms with Crippen LogP contribution in [0.5, 0.6) is 11.5 Å². The highest BCUT2D eigenvalue weighted by Gasteiger charge is 2.35. The molecule has 0 radical (unpaired) electrons. The predicted molar refractivity (Wildman–Crippen MR) is 132 cm³/mol. The largest absolute Gasteiger partial charge is 0.497 e. The zero-order chi connectivity index (χ0) is 25.3. The molecule has 0 saturated carbocycles. The number of aliphatic imine (C=N–C) groups is 1. The number of sulfonamides is 1. The van der Waals surface area contributed by atoms with Crippen molar-refractivity contribution >= 4 is 16.7 Å². The van der Waals surface area contributed by atoms with Crippen LogP contribution in [0.25, 0.3) is 0 Å². The lowest BCUT2D eigenvalue weighted by atomic mass is 10.2. The van der Waals surface area contributed by atoms with Crippen molar-refractivity contribution in [3.05, 3.63) is 83.3 Å². The molecule has 0 aliphatic heterocycles. The fourth-order valence-electron chi connectivity index (χ4n) is 3.19. The second kappa shape index (κ2) is 12.5. The van der Waals surface area contributed by atoms with Gasteiger partial charge < -0.3 is 14.6 Å². The molecule has 0 unspecified atom stereocenters. The third-order valence-corrected chi connectivity index (χ3v) is 7.46. The first-order valence-corrected chi connectivity index (χ1v) is 12.1. The SMILES string of the molecule is C=N/C(=C\C=C(/C)F)[C@H](O)[C@@H](C)S(=O)(=O)N(Cc1ccc(OC)cc1)Cc1ccc(OC)cc1. The molecule has 0 aromatic heterocycles. The molecule has 0 aliphatic carbocycles. The molecule has 34 heavy (non-hydrogen) atoms. The Balaban J connectivity index is 2.41. The summed E-state index contributed by atoms with van der Waals surface area (Å²) in [7, 11) is -0.939. The number of benzene rings is 2. The minimum atomic E-state index is -4.04. The Labute approximate surface area is 200 Å². The van der Waals surface area contributed by atoms with E-state index in [9.17, 15) is 17.9 Å². The van der Waals surface area contributed by atoms with Crippen LogP contribution in [0, 0.1) is 0 Å². The van der Waals surface area contributed by atoms with Crippen molar-refractivity contribution in [2.45, 2.75) is 38.3 Å². The van der Waals surface area contributed by atoms with Gasteiger partial charge in [0, 0.05) is 13.1 Å². The zero-order valence-corrected chi connectivity index (χ0v) is 20.6. The van der Waals surface area contributed by atoms with E-state index >= 15 is 0 Å². The third-order valence-electron chi connectivity index (χ3n) is 5.28. The molecule has 2 rings (SSSR count). The van der Waals surface area contributed by atoms with Crippen LogP contribution in [-0.4, -0.2) is 50.1 Å². The van der Waals surface area contributed by atoms with Crippen LogP contribution in [0.4, 0.5) is 4.39 Å². The Morgan fingerprint density at radius 2 is 1.47 bits per heavy atom. The van der Waals surface area contributed by atoms with Crippen LogP contribution in [0.1, 0.15) is 25.0 Å². The van der Waals surface area contributed by atoms with Crippen LogP contribution in [0.15, 0.2) is 77.2 Å². The molecule has 9 heteroatoms. The summed E-state index contributed by atoms with van der Waals surface area (Å²) in [5.74, 6) is 0.796. The average molecular weight is 491 g/mol. The molecular formula is C25H31FN2O5S. The average Bonchev–Trinajstić information content (AvgIpc) is 2.84. The molecule has 0 bridgehead atoms. The van der Waals surface area contributed by atoms with E-state index in [-0.39, 0.29) is 18.8 Å². The van der Waals surface area contributed by atoms with Gasteiger partial charge in [0.1, 0.15) is 22.9 Å². The molecule has 0 spiro atoms. The Morgan fingerprint density at radius 1 is 1.03 bits per heavy atom. The molecule has 0 aliphatic rings. The first-order valence-electron chi connectivity index (χ1n) is 10.6. The number of nitrogens with zero attached hydrogens (tertiary/aromatic N) is 2. The molecule has 2 aromatic carbocycles. The Kier molecular flexibility index (Phi) is 9.97. The van der Waals surface area contributed by atoms with Gasteiger partial charge in [-0.15, -0.1) is 0 Å². The van der Waals surface area contributed by atoms with E-state index in [2.05, 4.69) is 11.7 Å². The number of hydrogen-bond acceptors (Lipinski definition) is 6. The molecule has 7 nitrogen and oxygen atoms in total. The number of halogens is 1. The predicted octanol–water partition coefficient (Wildman–Crippen LogP) is 4.24. The number of rotatable bonds is 12. The second-order valence-electron chi connectivity index (χ2n) is 7.66. The van der Waals surface area contributed by atoms with E-state index in [0.29, 0.717) is 11.5 Å². The number of hydrogen-bond donors (Lipinski definition) is 1. The molecule has 184 valence electrons. The normalized spacial score (nSPS) is 14.6. The van der Waals surface area contributed by atoms with E-state index in [1.54, 1.807) is 62.8 Å². The first kappa shape index (κ1) is 27.2. The Morgan fingerprint density at radius 3 is 1.82 bits per heavy atom. The fraction of sp³-hybridized carbons (Fsp3) is 0.320. The molecular weight excluding hydrogens is 459 g/mol. The lowest BCUT2D eigenvalue weighted by Crippen LogP contribution is -2.42. The van der Waals surface area contributed by atoms with Gasteiger partial charge in [-0.05, 0) is 68.1 Å². The number of ether oxygens (including phenoxy) is 2. The van der Waals surface area contributed by atoms with Crippen LogP contribution in [0.3, 0.4) is 0 Å². The highest BCUT2D eigenvalue weighted by molar-refractivity contribution is 7.89. The summed E-state index contributed by atoms with van der Waals surface area (Å²) in [5.41, 5.74) is 1.45. The van der Waals surface area contributed by atoms with Crippen molar-refractivity contribution in [2.24, 2.45) is 4.99 Å². The van der Waals surface area contributed by atoms with Gasteiger partial charge in [-0.25, -0.2) is 12.8 Å². The molecule has 0 fully saturated rings. The van der Waals surface area contributed by atoms with Crippen LogP contribution >= 0.6 is 0 Å². The number of methoxy groups -OCH3 is 2. The van der Waals surface area contributed by atoms with Crippen molar-refractivity contribution in [1.82, 2.24) is 4.31 Å². The minimum Gasteiger partial charge on any atom is -0.497 e. The van der Waals surface area contributed by atoms with Crippen LogP contribution < -0.4 is 9.47 Å². The minimum absolute atomic E-state index is 0.0399. The van der Waals surface area contributed by atoms with Gasteiger partial charge in [0.05, 0.1) is 25.7 Å². The maximum absolute atomic E-state index is 13.6. The van der Waals surface area contributed by atoms with Gasteiger partial charge >= 0.3 is 0 Å². The highest BCUT2D eigenvalue weighted by atomic mass is 32.2. The number of allylic oxidation sites excluding steroid dienone is 3. The standard InChI is InChI=1S/C25H31FN2O5S/c1-18(26)6-15-24(27-3)25(29)19(2)34(30,31)28(16-20-7-11-22(32-4)12-8-20)17-21-9-13-23(33-5)14-10-21/h6-15,19,25,29H,3,16-17H2,1-2,4-5H3/b18-6+,24-15-/t19-,25-/m1/s1. The molecule has 1 N–H and O–H groups in total. The Bertz CT molecular complexity index is 1060. The van der Waals surface area contributed by atoms with Crippen LogP contribution in [0.2, 0.25) is 0 Å².